The first-order valence-corrected chi connectivity index (χ1v) is 9.54. The van der Waals surface area contributed by atoms with Crippen LogP contribution in [-0.4, -0.2) is 52.6 Å². The number of piperazine rings is 1. The van der Waals surface area contributed by atoms with Crippen LogP contribution in [0.1, 0.15) is 44.6 Å². The van der Waals surface area contributed by atoms with Gasteiger partial charge in [0.15, 0.2) is 0 Å². The number of carbonyl (C=O) groups excluding carboxylic acids is 1. The van der Waals surface area contributed by atoms with Crippen molar-refractivity contribution >= 4 is 12.0 Å². The molecule has 1 saturated heterocycles. The molecule has 1 unspecified atom stereocenters. The minimum absolute atomic E-state index is 0.0601. The number of amides is 2. The standard InChI is InChI=1S/C20H28N2O4/c1-15(17-5-3-2-4-6-17)26-18-9-7-16(8-10-18)13-21-11-12-22(20(24)25)14-19(21)23/h7-10,15,17H,2-6,11-14H2,1H3,(H,24,25). The molecule has 1 aliphatic carbocycles. The van der Waals surface area contributed by atoms with E-state index in [9.17, 15) is 9.59 Å². The third kappa shape index (κ3) is 4.68. The number of carbonyl (C=O) groups is 2. The van der Waals surface area contributed by atoms with Crippen LogP contribution in [0.2, 0.25) is 0 Å². The molecule has 0 aromatic heterocycles. The second kappa shape index (κ2) is 8.43. The van der Waals surface area contributed by atoms with Gasteiger partial charge in [0.2, 0.25) is 5.91 Å². The Morgan fingerprint density at radius 3 is 2.50 bits per heavy atom. The van der Waals surface area contributed by atoms with Gasteiger partial charge in [0.05, 0.1) is 6.10 Å². The molecule has 26 heavy (non-hydrogen) atoms. The SMILES string of the molecule is CC(Oc1ccc(CN2CCN(C(=O)O)CC2=O)cc1)C1CCCCC1. The van der Waals surface area contributed by atoms with Gasteiger partial charge in [-0.2, -0.15) is 0 Å². The zero-order valence-corrected chi connectivity index (χ0v) is 15.4. The van der Waals surface area contributed by atoms with Crippen LogP contribution in [0.4, 0.5) is 4.79 Å². The molecule has 2 fully saturated rings. The van der Waals surface area contributed by atoms with Crippen molar-refractivity contribution in [2.75, 3.05) is 19.6 Å². The molecule has 2 amide bonds. The summed E-state index contributed by atoms with van der Waals surface area (Å²) in [6.07, 6.45) is 5.66. The fraction of sp³-hybridized carbons (Fsp3) is 0.600. The molecule has 1 N–H and O–H groups in total. The minimum Gasteiger partial charge on any atom is -0.490 e. The molecule has 1 aliphatic heterocycles. The van der Waals surface area contributed by atoms with Gasteiger partial charge >= 0.3 is 6.09 Å². The highest BCUT2D eigenvalue weighted by Crippen LogP contribution is 2.29. The molecule has 3 rings (SSSR count). The van der Waals surface area contributed by atoms with Crippen molar-refractivity contribution in [2.24, 2.45) is 5.92 Å². The number of ether oxygens (including phenoxy) is 1. The lowest BCUT2D eigenvalue weighted by atomic mass is 9.86. The number of carboxylic acid groups (broad SMARTS) is 1. The summed E-state index contributed by atoms with van der Waals surface area (Å²) < 4.78 is 6.11. The van der Waals surface area contributed by atoms with E-state index in [4.69, 9.17) is 9.84 Å². The Kier molecular flexibility index (Phi) is 6.01. The van der Waals surface area contributed by atoms with Crippen molar-refractivity contribution in [3.05, 3.63) is 29.8 Å². The molecule has 6 heteroatoms. The van der Waals surface area contributed by atoms with Gasteiger partial charge in [-0.25, -0.2) is 4.79 Å². The molecule has 1 atom stereocenters. The van der Waals surface area contributed by atoms with Crippen LogP contribution < -0.4 is 4.74 Å². The van der Waals surface area contributed by atoms with Crippen molar-refractivity contribution in [2.45, 2.75) is 51.7 Å². The van der Waals surface area contributed by atoms with Gasteiger partial charge in [0.25, 0.3) is 0 Å². The first-order valence-electron chi connectivity index (χ1n) is 9.54. The highest BCUT2D eigenvalue weighted by Gasteiger charge is 2.26. The van der Waals surface area contributed by atoms with Crippen molar-refractivity contribution in [1.29, 1.82) is 0 Å². The normalized spacial score (nSPS) is 20.1. The van der Waals surface area contributed by atoms with Gasteiger partial charge in [0, 0.05) is 19.6 Å². The van der Waals surface area contributed by atoms with E-state index in [2.05, 4.69) is 6.92 Å². The van der Waals surface area contributed by atoms with E-state index < -0.39 is 6.09 Å². The highest BCUT2D eigenvalue weighted by atomic mass is 16.5. The van der Waals surface area contributed by atoms with Crippen molar-refractivity contribution in [1.82, 2.24) is 9.80 Å². The number of rotatable bonds is 5. The Balaban J connectivity index is 1.51. The quantitative estimate of drug-likeness (QED) is 0.874. The Labute approximate surface area is 154 Å². The predicted octanol–water partition coefficient (Wildman–Crippen LogP) is 3.36. The van der Waals surface area contributed by atoms with Crippen LogP contribution in [0.15, 0.2) is 24.3 Å². The Morgan fingerprint density at radius 1 is 1.19 bits per heavy atom. The lowest BCUT2D eigenvalue weighted by Gasteiger charge is -2.32. The summed E-state index contributed by atoms with van der Waals surface area (Å²) in [7, 11) is 0. The topological polar surface area (TPSA) is 70.1 Å². The van der Waals surface area contributed by atoms with E-state index in [1.165, 1.54) is 32.1 Å². The zero-order valence-electron chi connectivity index (χ0n) is 15.4. The third-order valence-corrected chi connectivity index (χ3v) is 5.52. The maximum atomic E-state index is 12.1. The lowest BCUT2D eigenvalue weighted by molar-refractivity contribution is -0.135. The van der Waals surface area contributed by atoms with Crippen LogP contribution in [0.5, 0.6) is 5.75 Å². The Morgan fingerprint density at radius 2 is 1.88 bits per heavy atom. The summed E-state index contributed by atoms with van der Waals surface area (Å²) in [4.78, 5) is 25.9. The summed E-state index contributed by atoms with van der Waals surface area (Å²) in [6.45, 7) is 3.40. The minimum atomic E-state index is -1.04. The molecule has 6 nitrogen and oxygen atoms in total. The summed E-state index contributed by atoms with van der Waals surface area (Å²) >= 11 is 0. The molecule has 0 spiro atoms. The van der Waals surface area contributed by atoms with Crippen molar-refractivity contribution in [3.8, 4) is 5.75 Å². The van der Waals surface area contributed by atoms with Crippen LogP contribution in [0.3, 0.4) is 0 Å². The van der Waals surface area contributed by atoms with Gasteiger partial charge in [-0.05, 0) is 43.4 Å². The van der Waals surface area contributed by atoms with Gasteiger partial charge in [-0.3, -0.25) is 9.69 Å². The molecule has 0 radical (unpaired) electrons. The fourth-order valence-corrected chi connectivity index (χ4v) is 3.85. The average molecular weight is 360 g/mol. The lowest BCUT2D eigenvalue weighted by Crippen LogP contribution is -2.51. The zero-order chi connectivity index (χ0) is 18.5. The molecule has 1 heterocycles. The molecule has 0 bridgehead atoms. The molecule has 142 valence electrons. The monoisotopic (exact) mass is 360 g/mol. The Hall–Kier alpha value is -2.24. The molecule has 2 aliphatic rings. The van der Waals surface area contributed by atoms with Gasteiger partial charge in [-0.1, -0.05) is 31.4 Å². The second-order valence-electron chi connectivity index (χ2n) is 7.38. The van der Waals surface area contributed by atoms with Crippen LogP contribution in [-0.2, 0) is 11.3 Å². The van der Waals surface area contributed by atoms with Gasteiger partial charge < -0.3 is 14.7 Å². The van der Waals surface area contributed by atoms with Crippen LogP contribution >= 0.6 is 0 Å². The van der Waals surface area contributed by atoms with Gasteiger partial charge in [0.1, 0.15) is 12.3 Å². The number of nitrogens with zero attached hydrogens (tertiary/aromatic N) is 2. The molecule has 1 saturated carbocycles. The molecule has 1 aromatic rings. The second-order valence-corrected chi connectivity index (χ2v) is 7.38. The smallest absolute Gasteiger partial charge is 0.407 e. The Bertz CT molecular complexity index is 625. The fourth-order valence-electron chi connectivity index (χ4n) is 3.85. The van der Waals surface area contributed by atoms with Gasteiger partial charge in [-0.15, -0.1) is 0 Å². The molecular weight excluding hydrogens is 332 g/mol. The third-order valence-electron chi connectivity index (χ3n) is 5.52. The van der Waals surface area contributed by atoms with E-state index >= 15 is 0 Å². The molecule has 1 aromatic carbocycles. The number of benzene rings is 1. The predicted molar refractivity (Wildman–Crippen MR) is 98.1 cm³/mol. The maximum absolute atomic E-state index is 12.1. The molecular formula is C20H28N2O4. The van der Waals surface area contributed by atoms with Crippen LogP contribution in [0.25, 0.3) is 0 Å². The summed E-state index contributed by atoms with van der Waals surface area (Å²) in [5.74, 6) is 1.37. The van der Waals surface area contributed by atoms with Crippen molar-refractivity contribution in [3.63, 3.8) is 0 Å². The largest absolute Gasteiger partial charge is 0.490 e. The maximum Gasteiger partial charge on any atom is 0.407 e. The average Bonchev–Trinajstić information content (AvgIpc) is 2.65. The van der Waals surface area contributed by atoms with E-state index in [0.29, 0.717) is 25.6 Å². The summed E-state index contributed by atoms with van der Waals surface area (Å²) in [5.41, 5.74) is 1.03. The van der Waals surface area contributed by atoms with E-state index in [0.717, 1.165) is 16.2 Å². The van der Waals surface area contributed by atoms with E-state index in [1.54, 1.807) is 4.90 Å². The number of hydrogen-bond donors (Lipinski definition) is 1. The highest BCUT2D eigenvalue weighted by molar-refractivity contribution is 5.83. The summed E-state index contributed by atoms with van der Waals surface area (Å²) in [5, 5.41) is 8.97. The summed E-state index contributed by atoms with van der Waals surface area (Å²) in [6, 6.07) is 7.90. The van der Waals surface area contributed by atoms with E-state index in [1.807, 2.05) is 24.3 Å². The van der Waals surface area contributed by atoms with Crippen molar-refractivity contribution < 1.29 is 19.4 Å². The first kappa shape index (κ1) is 18.5. The number of hydrogen-bond acceptors (Lipinski definition) is 3. The van der Waals surface area contributed by atoms with Crippen LogP contribution in [0, 0.1) is 5.92 Å². The van der Waals surface area contributed by atoms with E-state index in [-0.39, 0.29) is 18.6 Å². The first-order chi connectivity index (χ1) is 12.5.